The van der Waals surface area contributed by atoms with Gasteiger partial charge >= 0.3 is 6.18 Å². The van der Waals surface area contributed by atoms with Gasteiger partial charge < -0.3 is 4.57 Å². The third-order valence-electron chi connectivity index (χ3n) is 2.43. The third-order valence-corrected chi connectivity index (χ3v) is 2.43. The quantitative estimate of drug-likeness (QED) is 0.695. The highest BCUT2D eigenvalue weighted by Crippen LogP contribution is 2.29. The van der Waals surface area contributed by atoms with E-state index in [0.29, 0.717) is 0 Å². The van der Waals surface area contributed by atoms with Crippen molar-refractivity contribution in [2.75, 3.05) is 0 Å². The summed E-state index contributed by atoms with van der Waals surface area (Å²) in [5, 5.41) is 0. The Kier molecular flexibility index (Phi) is 2.50. The smallest absolute Gasteiger partial charge is 0.321 e. The molecule has 1 heterocycles. The van der Waals surface area contributed by atoms with Gasteiger partial charge in [-0.15, -0.1) is 0 Å². The number of aromatic nitrogens is 1. The van der Waals surface area contributed by atoms with E-state index in [4.69, 9.17) is 0 Å². The van der Waals surface area contributed by atoms with Gasteiger partial charge in [-0.25, -0.2) is 0 Å². The van der Waals surface area contributed by atoms with Crippen molar-refractivity contribution in [3.8, 4) is 5.69 Å². The minimum Gasteiger partial charge on any atom is -0.321 e. The molecule has 0 aliphatic heterocycles. The van der Waals surface area contributed by atoms with E-state index in [1.165, 1.54) is 12.1 Å². The lowest BCUT2D eigenvalue weighted by atomic mass is 10.2. The number of hydrogen-bond donors (Lipinski definition) is 0. The Balaban J connectivity index is 2.37. The molecule has 1 nitrogen and oxygen atoms in total. The molecule has 2 aromatic rings. The minimum atomic E-state index is -4.27. The van der Waals surface area contributed by atoms with Crippen molar-refractivity contribution in [1.29, 1.82) is 0 Å². The molecule has 0 saturated carbocycles. The maximum atomic E-state index is 12.3. The molecule has 0 radical (unpaired) electrons. The molecule has 1 aromatic heterocycles. The molecule has 0 atom stereocenters. The highest BCUT2D eigenvalue weighted by atomic mass is 19.4. The summed E-state index contributed by atoms with van der Waals surface area (Å²) in [6.07, 6.45) is -2.46. The number of benzene rings is 1. The third kappa shape index (κ3) is 1.96. The van der Waals surface area contributed by atoms with E-state index in [9.17, 15) is 13.2 Å². The van der Waals surface area contributed by atoms with Gasteiger partial charge in [0.25, 0.3) is 0 Å². The van der Waals surface area contributed by atoms with Crippen molar-refractivity contribution in [3.63, 3.8) is 0 Å². The SMILES string of the molecule is Cc1cccn1-c1ccc(C(F)(F)F)cc1. The Morgan fingerprint density at radius 3 is 2.06 bits per heavy atom. The standard InChI is InChI=1S/C12H10F3N/c1-9-3-2-8-16(9)11-6-4-10(5-7-11)12(13,14)15/h2-8H,1H3. The number of halogens is 3. The molecule has 4 heteroatoms. The van der Waals surface area contributed by atoms with E-state index in [0.717, 1.165) is 23.5 Å². The summed E-state index contributed by atoms with van der Waals surface area (Å²) in [6.45, 7) is 1.90. The largest absolute Gasteiger partial charge is 0.416 e. The van der Waals surface area contributed by atoms with Crippen molar-refractivity contribution in [1.82, 2.24) is 4.57 Å². The van der Waals surface area contributed by atoms with E-state index in [1.54, 1.807) is 0 Å². The molecule has 1 aromatic carbocycles. The van der Waals surface area contributed by atoms with Crippen LogP contribution in [0.15, 0.2) is 42.6 Å². The summed E-state index contributed by atoms with van der Waals surface area (Å²) in [7, 11) is 0. The molecule has 84 valence electrons. The van der Waals surface area contributed by atoms with Crippen LogP contribution in [0.25, 0.3) is 5.69 Å². The molecule has 16 heavy (non-hydrogen) atoms. The van der Waals surface area contributed by atoms with Crippen LogP contribution in [0.2, 0.25) is 0 Å². The topological polar surface area (TPSA) is 4.93 Å². The lowest BCUT2D eigenvalue weighted by Gasteiger charge is -2.09. The molecule has 0 bridgehead atoms. The Hall–Kier alpha value is -1.71. The summed E-state index contributed by atoms with van der Waals surface area (Å²) in [4.78, 5) is 0. The van der Waals surface area contributed by atoms with Crippen LogP contribution in [-0.4, -0.2) is 4.57 Å². The second-order valence-corrected chi connectivity index (χ2v) is 3.56. The molecule has 0 saturated heterocycles. The Labute approximate surface area is 91.1 Å². The lowest BCUT2D eigenvalue weighted by molar-refractivity contribution is -0.137. The van der Waals surface area contributed by atoms with Gasteiger partial charge in [0.2, 0.25) is 0 Å². The van der Waals surface area contributed by atoms with Gasteiger partial charge in [0.15, 0.2) is 0 Å². The van der Waals surface area contributed by atoms with Crippen molar-refractivity contribution < 1.29 is 13.2 Å². The van der Waals surface area contributed by atoms with E-state index in [2.05, 4.69) is 0 Å². The van der Waals surface area contributed by atoms with Gasteiger partial charge in [-0.2, -0.15) is 13.2 Å². The minimum absolute atomic E-state index is 0.624. The lowest BCUT2D eigenvalue weighted by Crippen LogP contribution is -2.05. The van der Waals surface area contributed by atoms with E-state index < -0.39 is 11.7 Å². The van der Waals surface area contributed by atoms with Gasteiger partial charge in [-0.3, -0.25) is 0 Å². The zero-order valence-electron chi connectivity index (χ0n) is 8.62. The predicted molar refractivity (Wildman–Crippen MR) is 55.5 cm³/mol. The molecule has 0 N–H and O–H groups in total. The van der Waals surface area contributed by atoms with Crippen LogP contribution >= 0.6 is 0 Å². The van der Waals surface area contributed by atoms with Gasteiger partial charge in [0.05, 0.1) is 5.56 Å². The van der Waals surface area contributed by atoms with Crippen molar-refractivity contribution in [2.45, 2.75) is 13.1 Å². The van der Waals surface area contributed by atoms with Gasteiger partial charge in [0.1, 0.15) is 0 Å². The van der Waals surface area contributed by atoms with E-state index in [1.807, 2.05) is 29.8 Å². The Morgan fingerprint density at radius 1 is 1.00 bits per heavy atom. The fraction of sp³-hybridized carbons (Fsp3) is 0.167. The maximum absolute atomic E-state index is 12.3. The first kappa shape index (κ1) is 10.8. The number of nitrogens with zero attached hydrogens (tertiary/aromatic N) is 1. The molecular formula is C12H10F3N. The van der Waals surface area contributed by atoms with Crippen LogP contribution in [0.4, 0.5) is 13.2 Å². The average Bonchev–Trinajstić information content (AvgIpc) is 2.63. The Bertz CT molecular complexity index is 480. The summed E-state index contributed by atoms with van der Waals surface area (Å²) in [6, 6.07) is 8.87. The monoisotopic (exact) mass is 225 g/mol. The number of rotatable bonds is 1. The summed E-state index contributed by atoms with van der Waals surface area (Å²) < 4.78 is 38.8. The average molecular weight is 225 g/mol. The second-order valence-electron chi connectivity index (χ2n) is 3.56. The van der Waals surface area contributed by atoms with E-state index in [-0.39, 0.29) is 0 Å². The van der Waals surface area contributed by atoms with Crippen molar-refractivity contribution in [2.24, 2.45) is 0 Å². The van der Waals surface area contributed by atoms with Crippen LogP contribution in [0.1, 0.15) is 11.3 Å². The van der Waals surface area contributed by atoms with Crippen molar-refractivity contribution >= 4 is 0 Å². The fourth-order valence-corrected chi connectivity index (χ4v) is 1.57. The van der Waals surface area contributed by atoms with Gasteiger partial charge in [0, 0.05) is 17.6 Å². The molecule has 0 amide bonds. The number of hydrogen-bond acceptors (Lipinski definition) is 0. The molecule has 0 aliphatic carbocycles. The predicted octanol–water partition coefficient (Wildman–Crippen LogP) is 3.80. The van der Waals surface area contributed by atoms with Crippen molar-refractivity contribution in [3.05, 3.63) is 53.9 Å². The zero-order valence-corrected chi connectivity index (χ0v) is 8.62. The summed E-state index contributed by atoms with van der Waals surface area (Å²) >= 11 is 0. The van der Waals surface area contributed by atoms with Crippen LogP contribution in [0.3, 0.4) is 0 Å². The molecule has 2 rings (SSSR count). The number of aryl methyl sites for hydroxylation is 1. The first-order chi connectivity index (χ1) is 7.48. The van der Waals surface area contributed by atoms with Crippen LogP contribution in [0.5, 0.6) is 0 Å². The van der Waals surface area contributed by atoms with E-state index >= 15 is 0 Å². The second kappa shape index (κ2) is 3.70. The first-order valence-corrected chi connectivity index (χ1v) is 4.80. The van der Waals surface area contributed by atoms with Crippen LogP contribution in [0, 0.1) is 6.92 Å². The molecular weight excluding hydrogens is 215 g/mol. The molecule has 0 spiro atoms. The molecule has 0 aliphatic rings. The summed E-state index contributed by atoms with van der Waals surface area (Å²) in [5.41, 5.74) is 1.09. The normalized spacial score (nSPS) is 11.8. The van der Waals surface area contributed by atoms with Crippen LogP contribution < -0.4 is 0 Å². The zero-order chi connectivity index (χ0) is 11.8. The first-order valence-electron chi connectivity index (χ1n) is 4.80. The molecule has 0 fully saturated rings. The van der Waals surface area contributed by atoms with Gasteiger partial charge in [-0.1, -0.05) is 0 Å². The van der Waals surface area contributed by atoms with Gasteiger partial charge in [-0.05, 0) is 43.3 Å². The van der Waals surface area contributed by atoms with Crippen LogP contribution in [-0.2, 0) is 6.18 Å². The highest BCUT2D eigenvalue weighted by molar-refractivity contribution is 5.37. The highest BCUT2D eigenvalue weighted by Gasteiger charge is 2.29. The molecule has 0 unspecified atom stereocenters. The Morgan fingerprint density at radius 2 is 1.62 bits per heavy atom. The maximum Gasteiger partial charge on any atom is 0.416 e. The number of alkyl halides is 3. The fourth-order valence-electron chi connectivity index (χ4n) is 1.57. The summed E-state index contributed by atoms with van der Waals surface area (Å²) in [5.74, 6) is 0.